The molecule has 1 aliphatic rings. The fourth-order valence-electron chi connectivity index (χ4n) is 2.35. The summed E-state index contributed by atoms with van der Waals surface area (Å²) in [6.07, 6.45) is 3.85. The van der Waals surface area contributed by atoms with Gasteiger partial charge in [-0.3, -0.25) is 14.5 Å². The molecule has 1 aromatic carbocycles. The molecule has 0 unspecified atom stereocenters. The molecule has 0 aliphatic carbocycles. The van der Waals surface area contributed by atoms with Crippen molar-refractivity contribution in [2.75, 3.05) is 6.54 Å². The lowest BCUT2D eigenvalue weighted by molar-refractivity contribution is -0.122. The Morgan fingerprint density at radius 1 is 1.36 bits per heavy atom. The van der Waals surface area contributed by atoms with E-state index in [1.54, 1.807) is 18.2 Å². The van der Waals surface area contributed by atoms with Gasteiger partial charge in [0.15, 0.2) is 0 Å². The van der Waals surface area contributed by atoms with Crippen molar-refractivity contribution in [2.45, 2.75) is 33.1 Å². The number of rotatable bonds is 6. The number of thioether (sulfide) groups is 1. The number of phenolic OH excluding ortho intramolecular Hbond substituents is 1. The topological polar surface area (TPSA) is 81.4 Å². The largest absolute Gasteiger partial charge is 0.507 e. The van der Waals surface area contributed by atoms with Gasteiger partial charge >= 0.3 is 0 Å². The normalized spacial score (nSPS) is 16.6. The molecule has 1 fully saturated rings. The first-order chi connectivity index (χ1) is 11.7. The monoisotopic (exact) mass is 422 g/mol. The second-order valence-electron chi connectivity index (χ2n) is 6.50. The highest BCUT2D eigenvalue weighted by molar-refractivity contribution is 9.10. The predicted molar refractivity (Wildman–Crippen MR) is 102 cm³/mol. The van der Waals surface area contributed by atoms with E-state index in [0.717, 1.165) is 30.2 Å². The molecule has 25 heavy (non-hydrogen) atoms. The van der Waals surface area contributed by atoms with Crippen molar-refractivity contribution in [1.82, 2.24) is 4.90 Å². The molecule has 132 valence electrons. The third-order valence-electron chi connectivity index (χ3n) is 3.88. The Bertz CT molecular complexity index is 768. The highest BCUT2D eigenvalue weighted by atomic mass is 79.9. The van der Waals surface area contributed by atoms with Gasteiger partial charge in [-0.15, -0.1) is 0 Å². The Kier molecular flexibility index (Phi) is 6.31. The van der Waals surface area contributed by atoms with E-state index in [1.165, 1.54) is 11.0 Å². The second-order valence-corrected chi connectivity index (χ2v) is 8.34. The van der Waals surface area contributed by atoms with Crippen LogP contribution in [0.3, 0.4) is 0 Å². The first-order valence-electron chi connectivity index (χ1n) is 7.89. The van der Waals surface area contributed by atoms with E-state index in [2.05, 4.69) is 22.0 Å². The lowest BCUT2D eigenvalue weighted by atomic mass is 9.89. The zero-order chi connectivity index (χ0) is 18.6. The minimum Gasteiger partial charge on any atom is -0.507 e. The number of phenols is 1. The van der Waals surface area contributed by atoms with E-state index in [1.807, 2.05) is 13.8 Å². The maximum atomic E-state index is 12.4. The van der Waals surface area contributed by atoms with Gasteiger partial charge in [0.1, 0.15) is 5.75 Å². The van der Waals surface area contributed by atoms with Crippen LogP contribution in [-0.2, 0) is 4.79 Å². The molecular weight excluding hydrogens is 404 g/mol. The highest BCUT2D eigenvalue weighted by Crippen LogP contribution is 2.34. The molecule has 1 aliphatic heterocycles. The van der Waals surface area contributed by atoms with Crippen molar-refractivity contribution < 1.29 is 14.7 Å². The molecule has 0 saturated carbocycles. The molecular formula is C18H19BrN2O3S. The molecule has 1 saturated heterocycles. The van der Waals surface area contributed by atoms with Gasteiger partial charge in [0.05, 0.1) is 20.9 Å². The van der Waals surface area contributed by atoms with E-state index in [0.29, 0.717) is 22.3 Å². The maximum Gasteiger partial charge on any atom is 0.293 e. The molecule has 7 heteroatoms. The Labute approximate surface area is 159 Å². The summed E-state index contributed by atoms with van der Waals surface area (Å²) in [4.78, 5) is 26.1. The van der Waals surface area contributed by atoms with E-state index in [9.17, 15) is 14.7 Å². The number of halogens is 1. The molecule has 2 rings (SSSR count). The van der Waals surface area contributed by atoms with Gasteiger partial charge in [0.25, 0.3) is 11.1 Å². The zero-order valence-electron chi connectivity index (χ0n) is 14.1. The number of benzene rings is 1. The van der Waals surface area contributed by atoms with Crippen LogP contribution in [0.15, 0.2) is 27.6 Å². The van der Waals surface area contributed by atoms with Crippen LogP contribution in [0.1, 0.15) is 38.7 Å². The molecule has 5 nitrogen and oxygen atoms in total. The third-order valence-corrected chi connectivity index (χ3v) is 5.42. The minimum atomic E-state index is -0.384. The van der Waals surface area contributed by atoms with Gasteiger partial charge in [-0.05, 0) is 78.2 Å². The summed E-state index contributed by atoms with van der Waals surface area (Å²) in [5, 5.41) is 18.2. The molecule has 0 radical (unpaired) electrons. The van der Waals surface area contributed by atoms with Crippen LogP contribution in [0.2, 0.25) is 0 Å². The molecule has 1 N–H and O–H groups in total. The quantitative estimate of drug-likeness (QED) is 0.519. The standard InChI is InChI=1S/C18H19BrN2O3S/c1-18(2,11-20)7-3-4-8-21-16(23)15(25-17(21)24)10-12-5-6-14(22)13(19)9-12/h5-6,9-10,22H,3-4,7-8H2,1-2H3/b15-10-. The second kappa shape index (κ2) is 8.07. The van der Waals surface area contributed by atoms with Crippen molar-refractivity contribution in [3.8, 4) is 11.8 Å². The third kappa shape index (κ3) is 5.10. The van der Waals surface area contributed by atoms with Gasteiger partial charge < -0.3 is 5.11 Å². The Balaban J connectivity index is 1.98. The summed E-state index contributed by atoms with van der Waals surface area (Å²) in [6, 6.07) is 7.14. The maximum absolute atomic E-state index is 12.4. The van der Waals surface area contributed by atoms with Crippen LogP contribution in [0.25, 0.3) is 6.08 Å². The van der Waals surface area contributed by atoms with Gasteiger partial charge in [0, 0.05) is 6.54 Å². The highest BCUT2D eigenvalue weighted by Gasteiger charge is 2.34. The fourth-order valence-corrected chi connectivity index (χ4v) is 3.61. The van der Waals surface area contributed by atoms with E-state index in [-0.39, 0.29) is 22.3 Å². The summed E-state index contributed by atoms with van der Waals surface area (Å²) in [6.45, 7) is 4.13. The van der Waals surface area contributed by atoms with Crippen molar-refractivity contribution in [3.63, 3.8) is 0 Å². The van der Waals surface area contributed by atoms with Crippen molar-refractivity contribution in [1.29, 1.82) is 5.26 Å². The average molecular weight is 423 g/mol. The van der Waals surface area contributed by atoms with Crippen LogP contribution in [0.5, 0.6) is 5.75 Å². The van der Waals surface area contributed by atoms with E-state index >= 15 is 0 Å². The SMILES string of the molecule is CC(C)(C#N)CCCCN1C(=O)S/C(=C\c2ccc(O)c(Br)c2)C1=O. The lowest BCUT2D eigenvalue weighted by Crippen LogP contribution is -2.29. The first-order valence-corrected chi connectivity index (χ1v) is 9.49. The number of amides is 2. The van der Waals surface area contributed by atoms with Crippen LogP contribution >= 0.6 is 27.7 Å². The van der Waals surface area contributed by atoms with Crippen molar-refractivity contribution in [2.24, 2.45) is 5.41 Å². The molecule has 0 spiro atoms. The van der Waals surface area contributed by atoms with Crippen LogP contribution in [-0.4, -0.2) is 27.7 Å². The van der Waals surface area contributed by atoms with E-state index in [4.69, 9.17) is 5.26 Å². The average Bonchev–Trinajstić information content (AvgIpc) is 2.82. The smallest absolute Gasteiger partial charge is 0.293 e. The Morgan fingerprint density at radius 3 is 2.72 bits per heavy atom. The minimum absolute atomic E-state index is 0.116. The summed E-state index contributed by atoms with van der Waals surface area (Å²) in [7, 11) is 0. The number of nitriles is 1. The number of hydrogen-bond acceptors (Lipinski definition) is 5. The molecule has 0 atom stereocenters. The number of imide groups is 1. The van der Waals surface area contributed by atoms with Crippen molar-refractivity contribution in [3.05, 3.63) is 33.1 Å². The Hall–Kier alpha value is -1.78. The molecule has 1 aromatic rings. The van der Waals surface area contributed by atoms with Gasteiger partial charge in [-0.25, -0.2) is 0 Å². The fraction of sp³-hybridized carbons (Fsp3) is 0.389. The molecule has 0 aromatic heterocycles. The van der Waals surface area contributed by atoms with Crippen LogP contribution < -0.4 is 0 Å². The zero-order valence-corrected chi connectivity index (χ0v) is 16.5. The summed E-state index contributed by atoms with van der Waals surface area (Å²) < 4.78 is 0.528. The number of nitrogens with zero attached hydrogens (tertiary/aromatic N) is 2. The van der Waals surface area contributed by atoms with Crippen molar-refractivity contribution >= 4 is 44.9 Å². The number of carbonyl (C=O) groups excluding carboxylic acids is 2. The Morgan fingerprint density at radius 2 is 2.08 bits per heavy atom. The first kappa shape index (κ1) is 19.5. The van der Waals surface area contributed by atoms with E-state index < -0.39 is 0 Å². The number of carbonyl (C=O) groups is 2. The summed E-state index contributed by atoms with van der Waals surface area (Å²) >= 11 is 4.15. The lowest BCUT2D eigenvalue weighted by Gasteiger charge is -2.16. The number of aromatic hydroxyl groups is 1. The van der Waals surface area contributed by atoms with Crippen LogP contribution in [0.4, 0.5) is 4.79 Å². The number of unbranched alkanes of at least 4 members (excludes halogenated alkanes) is 1. The molecule has 1 heterocycles. The van der Waals surface area contributed by atoms with Crippen LogP contribution in [0, 0.1) is 16.7 Å². The number of hydrogen-bond donors (Lipinski definition) is 1. The van der Waals surface area contributed by atoms with Gasteiger partial charge in [-0.2, -0.15) is 5.26 Å². The van der Waals surface area contributed by atoms with Gasteiger partial charge in [0.2, 0.25) is 0 Å². The predicted octanol–water partition coefficient (Wildman–Crippen LogP) is 4.91. The van der Waals surface area contributed by atoms with Gasteiger partial charge in [-0.1, -0.05) is 12.5 Å². The summed E-state index contributed by atoms with van der Waals surface area (Å²) in [5.74, 6) is -0.177. The molecule has 2 amide bonds. The molecule has 0 bridgehead atoms. The summed E-state index contributed by atoms with van der Waals surface area (Å²) in [5.41, 5.74) is 0.344.